The summed E-state index contributed by atoms with van der Waals surface area (Å²) in [5, 5.41) is 1.08. The van der Waals surface area contributed by atoms with Gasteiger partial charge in [0.05, 0.1) is 11.5 Å². The van der Waals surface area contributed by atoms with Gasteiger partial charge in [-0.3, -0.25) is 9.69 Å². The predicted octanol–water partition coefficient (Wildman–Crippen LogP) is 7.47. The summed E-state index contributed by atoms with van der Waals surface area (Å²) in [6.07, 6.45) is 2.41. The van der Waals surface area contributed by atoms with E-state index in [4.69, 9.17) is 44.9 Å². The molecule has 0 radical (unpaired) electrons. The molecule has 9 heteroatoms. The third-order valence-electron chi connectivity index (χ3n) is 5.43. The average molecular weight is 573 g/mol. The zero-order chi connectivity index (χ0) is 26.4. The number of carbonyl (C=O) groups is 2. The number of thiocarbonyl (C=S) groups is 1. The van der Waals surface area contributed by atoms with E-state index < -0.39 is 12.0 Å². The van der Waals surface area contributed by atoms with Crippen LogP contribution in [0, 0.1) is 0 Å². The zero-order valence-electron chi connectivity index (χ0n) is 19.9. The SMILES string of the molecule is CCCOC(=O)C(c1ccccc1)N1C(=O)/C(=C\c2cccc(OCc3ccc(Cl)cc3Cl)c2)SC1=S. The molecule has 0 N–H and O–H groups in total. The normalized spacial score (nSPS) is 15.2. The van der Waals surface area contributed by atoms with Gasteiger partial charge in [0.2, 0.25) is 0 Å². The topological polar surface area (TPSA) is 55.8 Å². The Morgan fingerprint density at radius 3 is 2.59 bits per heavy atom. The highest BCUT2D eigenvalue weighted by Gasteiger charge is 2.42. The molecule has 1 unspecified atom stereocenters. The summed E-state index contributed by atoms with van der Waals surface area (Å²) in [6.45, 7) is 2.44. The maximum Gasteiger partial charge on any atom is 0.333 e. The third-order valence-corrected chi connectivity index (χ3v) is 7.35. The van der Waals surface area contributed by atoms with Gasteiger partial charge in [-0.1, -0.05) is 103 Å². The highest BCUT2D eigenvalue weighted by atomic mass is 35.5. The minimum atomic E-state index is -0.954. The molecular weight excluding hydrogens is 549 g/mol. The Balaban J connectivity index is 1.54. The van der Waals surface area contributed by atoms with E-state index in [1.54, 1.807) is 30.3 Å². The number of nitrogens with zero attached hydrogens (tertiary/aromatic N) is 1. The Kier molecular flexibility index (Phi) is 9.27. The van der Waals surface area contributed by atoms with E-state index >= 15 is 0 Å². The lowest BCUT2D eigenvalue weighted by Crippen LogP contribution is -2.38. The molecule has 4 rings (SSSR count). The van der Waals surface area contributed by atoms with Gasteiger partial charge in [-0.25, -0.2) is 4.79 Å². The first-order valence-electron chi connectivity index (χ1n) is 11.5. The molecule has 1 amide bonds. The fraction of sp³-hybridized carbons (Fsp3) is 0.179. The number of rotatable bonds is 9. The van der Waals surface area contributed by atoms with Gasteiger partial charge in [0, 0.05) is 15.6 Å². The van der Waals surface area contributed by atoms with Crippen molar-refractivity contribution in [2.45, 2.75) is 26.0 Å². The molecule has 0 spiro atoms. The number of hydrogen-bond acceptors (Lipinski definition) is 6. The lowest BCUT2D eigenvalue weighted by atomic mass is 10.1. The second kappa shape index (κ2) is 12.6. The van der Waals surface area contributed by atoms with Crippen LogP contribution in [0.1, 0.15) is 36.1 Å². The summed E-state index contributed by atoms with van der Waals surface area (Å²) in [6, 6.07) is 20.7. The number of amides is 1. The van der Waals surface area contributed by atoms with Gasteiger partial charge in [-0.2, -0.15) is 0 Å². The van der Waals surface area contributed by atoms with Crippen molar-refractivity contribution in [1.29, 1.82) is 0 Å². The van der Waals surface area contributed by atoms with Crippen LogP contribution in [-0.2, 0) is 20.9 Å². The summed E-state index contributed by atoms with van der Waals surface area (Å²) >= 11 is 18.9. The maximum absolute atomic E-state index is 13.5. The number of hydrogen-bond donors (Lipinski definition) is 0. The molecule has 3 aromatic rings. The minimum absolute atomic E-state index is 0.264. The highest BCUT2D eigenvalue weighted by Crippen LogP contribution is 2.39. The Hall–Kier alpha value is -2.84. The zero-order valence-corrected chi connectivity index (χ0v) is 23.0. The lowest BCUT2D eigenvalue weighted by molar-refractivity contribution is -0.151. The monoisotopic (exact) mass is 571 g/mol. The van der Waals surface area contributed by atoms with Crippen molar-refractivity contribution in [1.82, 2.24) is 4.90 Å². The molecular formula is C28H23Cl2NO4S2. The summed E-state index contributed by atoms with van der Waals surface area (Å²) in [4.78, 5) is 28.2. The van der Waals surface area contributed by atoms with Gasteiger partial charge in [0.1, 0.15) is 16.7 Å². The molecule has 1 heterocycles. The third kappa shape index (κ3) is 6.73. The number of halogens is 2. The molecule has 0 aromatic heterocycles. The average Bonchev–Trinajstić information content (AvgIpc) is 3.16. The molecule has 5 nitrogen and oxygen atoms in total. The van der Waals surface area contributed by atoms with E-state index in [1.807, 2.05) is 55.5 Å². The van der Waals surface area contributed by atoms with Crippen LogP contribution in [0.25, 0.3) is 6.08 Å². The van der Waals surface area contributed by atoms with Crippen molar-refractivity contribution in [3.05, 3.63) is 104 Å². The van der Waals surface area contributed by atoms with E-state index in [1.165, 1.54) is 4.90 Å². The van der Waals surface area contributed by atoms with Crippen LogP contribution >= 0.6 is 47.2 Å². The van der Waals surface area contributed by atoms with Crippen molar-refractivity contribution in [3.8, 4) is 5.75 Å². The van der Waals surface area contributed by atoms with Crippen LogP contribution in [-0.4, -0.2) is 27.7 Å². The van der Waals surface area contributed by atoms with Gasteiger partial charge in [0.15, 0.2) is 6.04 Å². The van der Waals surface area contributed by atoms with E-state index in [0.29, 0.717) is 37.0 Å². The first kappa shape index (κ1) is 27.2. The largest absolute Gasteiger partial charge is 0.489 e. The van der Waals surface area contributed by atoms with Gasteiger partial charge < -0.3 is 9.47 Å². The lowest BCUT2D eigenvalue weighted by Gasteiger charge is -2.25. The Morgan fingerprint density at radius 1 is 1.08 bits per heavy atom. The molecule has 1 aliphatic rings. The molecule has 1 saturated heterocycles. The Bertz CT molecular complexity index is 1350. The number of esters is 1. The molecule has 0 bridgehead atoms. The van der Waals surface area contributed by atoms with Crippen LogP contribution in [0.4, 0.5) is 0 Å². The molecule has 1 fully saturated rings. The van der Waals surface area contributed by atoms with Crippen molar-refractivity contribution in [2.75, 3.05) is 6.61 Å². The van der Waals surface area contributed by atoms with Crippen molar-refractivity contribution in [2.24, 2.45) is 0 Å². The summed E-state index contributed by atoms with van der Waals surface area (Å²) in [5.41, 5.74) is 2.20. The van der Waals surface area contributed by atoms with Crippen LogP contribution in [0.3, 0.4) is 0 Å². The minimum Gasteiger partial charge on any atom is -0.489 e. The van der Waals surface area contributed by atoms with E-state index in [-0.39, 0.29) is 19.1 Å². The summed E-state index contributed by atoms with van der Waals surface area (Å²) in [5.74, 6) is -0.251. The van der Waals surface area contributed by atoms with Gasteiger partial charge in [-0.05, 0) is 47.9 Å². The molecule has 190 valence electrons. The molecule has 0 saturated carbocycles. The second-order valence-corrected chi connectivity index (χ2v) is 10.6. The van der Waals surface area contributed by atoms with Crippen LogP contribution in [0.2, 0.25) is 10.0 Å². The number of thioether (sulfide) groups is 1. The molecule has 3 aromatic carbocycles. The number of carbonyl (C=O) groups excluding carboxylic acids is 2. The first-order valence-corrected chi connectivity index (χ1v) is 13.5. The standard InChI is InChI=1S/C28H23Cl2NO4S2/c1-2-13-34-27(33)25(19-8-4-3-5-9-19)31-26(32)24(37-28(31)36)15-18-7-6-10-22(14-18)35-17-20-11-12-21(29)16-23(20)30/h3-12,14-16,25H,2,13,17H2,1H3/b24-15+. The first-order chi connectivity index (χ1) is 17.9. The quantitative estimate of drug-likeness (QED) is 0.151. The summed E-state index contributed by atoms with van der Waals surface area (Å²) < 4.78 is 11.6. The Labute approximate surface area is 235 Å². The number of ether oxygens (including phenoxy) is 2. The predicted molar refractivity (Wildman–Crippen MR) is 153 cm³/mol. The van der Waals surface area contributed by atoms with E-state index in [0.717, 1.165) is 22.9 Å². The van der Waals surface area contributed by atoms with Gasteiger partial charge in [0.25, 0.3) is 5.91 Å². The Morgan fingerprint density at radius 2 is 1.86 bits per heavy atom. The highest BCUT2D eigenvalue weighted by molar-refractivity contribution is 8.26. The molecule has 37 heavy (non-hydrogen) atoms. The maximum atomic E-state index is 13.5. The number of benzene rings is 3. The van der Waals surface area contributed by atoms with Crippen molar-refractivity contribution in [3.63, 3.8) is 0 Å². The smallest absolute Gasteiger partial charge is 0.333 e. The fourth-order valence-corrected chi connectivity index (χ4v) is 5.43. The van der Waals surface area contributed by atoms with E-state index in [9.17, 15) is 9.59 Å². The molecule has 1 atom stereocenters. The van der Waals surface area contributed by atoms with Crippen LogP contribution in [0.15, 0.2) is 77.7 Å². The van der Waals surface area contributed by atoms with E-state index in [2.05, 4.69) is 0 Å². The van der Waals surface area contributed by atoms with Crippen molar-refractivity contribution < 1.29 is 19.1 Å². The summed E-state index contributed by atoms with van der Waals surface area (Å²) in [7, 11) is 0. The second-order valence-electron chi connectivity index (χ2n) is 8.13. The van der Waals surface area contributed by atoms with Crippen LogP contribution < -0.4 is 4.74 Å². The van der Waals surface area contributed by atoms with Gasteiger partial charge >= 0.3 is 5.97 Å². The van der Waals surface area contributed by atoms with Crippen molar-refractivity contribution >= 4 is 69.5 Å². The molecule has 1 aliphatic heterocycles. The van der Waals surface area contributed by atoms with Gasteiger partial charge in [-0.15, -0.1) is 0 Å². The molecule has 0 aliphatic carbocycles. The fourth-order valence-electron chi connectivity index (χ4n) is 3.66. The van der Waals surface area contributed by atoms with Crippen LogP contribution in [0.5, 0.6) is 5.75 Å².